The number of rotatable bonds is 9. The van der Waals surface area contributed by atoms with Gasteiger partial charge in [-0.1, -0.05) is 0 Å². The van der Waals surface area contributed by atoms with Crippen LogP contribution in [0.2, 0.25) is 0 Å². The highest BCUT2D eigenvalue weighted by Gasteiger charge is 2.35. The fraction of sp³-hybridized carbons (Fsp3) is 0.375. The lowest BCUT2D eigenvalue weighted by Gasteiger charge is -2.16. The second-order valence-corrected chi connectivity index (χ2v) is 5.90. The topological polar surface area (TPSA) is 185 Å². The molecule has 1 heterocycles. The number of anilines is 1. The van der Waals surface area contributed by atoms with E-state index in [1.54, 1.807) is 0 Å². The molecular formula is C16H18N4O9. The van der Waals surface area contributed by atoms with Crippen LogP contribution < -0.4 is 5.32 Å². The number of hydrogen-bond donors (Lipinski definition) is 3. The molecule has 2 rings (SSSR count). The summed E-state index contributed by atoms with van der Waals surface area (Å²) in [4.78, 5) is 46.7. The Labute approximate surface area is 163 Å². The van der Waals surface area contributed by atoms with Gasteiger partial charge in [0.25, 0.3) is 17.3 Å². The molecule has 0 atom stereocenters. The zero-order valence-electron chi connectivity index (χ0n) is 15.3. The number of methoxy groups -OCH3 is 1. The number of β-amino-alcohol motifs (C(OH)–C–C–N with tert-alkyl or cyclic N) is 1. The van der Waals surface area contributed by atoms with Crippen LogP contribution in [-0.4, -0.2) is 70.2 Å². The first kappa shape index (κ1) is 21.7. The van der Waals surface area contributed by atoms with Crippen LogP contribution in [-0.2, 0) is 20.7 Å². The molecule has 0 saturated heterocycles. The molecule has 29 heavy (non-hydrogen) atoms. The summed E-state index contributed by atoms with van der Waals surface area (Å²) in [6.07, 6.45) is -0.230. The highest BCUT2D eigenvalue weighted by atomic mass is 16.6. The van der Waals surface area contributed by atoms with Gasteiger partial charge < -0.3 is 25.2 Å². The molecule has 0 aromatic heterocycles. The average Bonchev–Trinajstić information content (AvgIpc) is 2.98. The summed E-state index contributed by atoms with van der Waals surface area (Å²) in [6.45, 7) is -1.13. The fourth-order valence-electron chi connectivity index (χ4n) is 2.88. The quantitative estimate of drug-likeness (QED) is 0.277. The van der Waals surface area contributed by atoms with Crippen LogP contribution in [0, 0.1) is 20.2 Å². The van der Waals surface area contributed by atoms with Crippen LogP contribution in [0.1, 0.15) is 5.56 Å². The highest BCUT2D eigenvalue weighted by Crippen LogP contribution is 2.34. The van der Waals surface area contributed by atoms with Gasteiger partial charge in [0.1, 0.15) is 5.70 Å². The van der Waals surface area contributed by atoms with Crippen molar-refractivity contribution in [3.63, 3.8) is 0 Å². The molecule has 13 heteroatoms. The van der Waals surface area contributed by atoms with E-state index in [1.807, 2.05) is 0 Å². The summed E-state index contributed by atoms with van der Waals surface area (Å²) in [5, 5.41) is 43.5. The number of nitrogens with one attached hydrogen (secondary N) is 1. The molecule has 1 aromatic carbocycles. The first-order valence-corrected chi connectivity index (χ1v) is 8.30. The van der Waals surface area contributed by atoms with Gasteiger partial charge in [0.05, 0.1) is 53.0 Å². The van der Waals surface area contributed by atoms with Crippen LogP contribution in [0.3, 0.4) is 0 Å². The number of esters is 1. The number of benzene rings is 1. The number of aliphatic hydroxyl groups is 2. The molecule has 1 aliphatic rings. The summed E-state index contributed by atoms with van der Waals surface area (Å²) in [5.74, 6) is -1.53. The van der Waals surface area contributed by atoms with E-state index < -0.39 is 39.7 Å². The molecule has 0 radical (unpaired) electrons. The summed E-state index contributed by atoms with van der Waals surface area (Å²) in [6, 6.07) is 1.72. The Hall–Kier alpha value is -3.58. The molecule has 156 valence electrons. The predicted molar refractivity (Wildman–Crippen MR) is 96.9 cm³/mol. The number of carbonyl (C=O) groups excluding carboxylic acids is 2. The minimum atomic E-state index is -0.843. The fourth-order valence-corrected chi connectivity index (χ4v) is 2.88. The van der Waals surface area contributed by atoms with Gasteiger partial charge >= 0.3 is 5.97 Å². The lowest BCUT2D eigenvalue weighted by atomic mass is 10.1. The van der Waals surface area contributed by atoms with E-state index in [2.05, 4.69) is 10.1 Å². The van der Waals surface area contributed by atoms with Crippen LogP contribution >= 0.6 is 0 Å². The maximum Gasteiger partial charge on any atom is 0.337 e. The van der Waals surface area contributed by atoms with Gasteiger partial charge in [-0.3, -0.25) is 25.0 Å². The number of nitrogens with zero attached hydrogens (tertiary/aromatic N) is 3. The summed E-state index contributed by atoms with van der Waals surface area (Å²) >= 11 is 0. The van der Waals surface area contributed by atoms with Gasteiger partial charge in [0, 0.05) is 25.6 Å². The van der Waals surface area contributed by atoms with E-state index in [1.165, 1.54) is 0 Å². The van der Waals surface area contributed by atoms with Crippen molar-refractivity contribution in [1.82, 2.24) is 4.90 Å². The second kappa shape index (κ2) is 9.07. The van der Waals surface area contributed by atoms with E-state index in [-0.39, 0.29) is 48.6 Å². The zero-order valence-corrected chi connectivity index (χ0v) is 15.3. The number of aliphatic hydroxyl groups excluding tert-OH is 2. The van der Waals surface area contributed by atoms with E-state index in [9.17, 15) is 34.9 Å². The lowest BCUT2D eigenvalue weighted by molar-refractivity contribution is -0.394. The Balaban J connectivity index is 2.62. The Morgan fingerprint density at radius 3 is 2.45 bits per heavy atom. The number of non-ortho nitro benzene ring substituents is 1. The predicted octanol–water partition coefficient (Wildman–Crippen LogP) is -0.289. The molecule has 1 aromatic rings. The third-order valence-electron chi connectivity index (χ3n) is 4.19. The molecule has 1 aliphatic heterocycles. The first-order chi connectivity index (χ1) is 13.7. The Morgan fingerprint density at radius 1 is 1.24 bits per heavy atom. The van der Waals surface area contributed by atoms with E-state index in [0.717, 1.165) is 24.1 Å². The molecule has 13 nitrogen and oxygen atoms in total. The number of nitro groups is 2. The molecule has 0 saturated carbocycles. The zero-order chi connectivity index (χ0) is 21.7. The highest BCUT2D eigenvalue weighted by molar-refractivity contribution is 6.08. The minimum Gasteiger partial charge on any atom is -0.466 e. The SMILES string of the molecule is COC(=O)C1=C(Nc2cc([N+](=O)[O-])cc([N+](=O)[O-])c2CCO)C(=O)N(CCO)C1. The smallest absolute Gasteiger partial charge is 0.337 e. The van der Waals surface area contributed by atoms with Crippen molar-refractivity contribution < 1.29 is 34.4 Å². The number of nitro benzene ring substituents is 2. The third-order valence-corrected chi connectivity index (χ3v) is 4.19. The van der Waals surface area contributed by atoms with Gasteiger partial charge in [0.15, 0.2) is 0 Å². The Bertz CT molecular complexity index is 897. The lowest BCUT2D eigenvalue weighted by Crippen LogP contribution is -2.31. The van der Waals surface area contributed by atoms with Crippen molar-refractivity contribution in [3.8, 4) is 0 Å². The Morgan fingerprint density at radius 2 is 1.93 bits per heavy atom. The monoisotopic (exact) mass is 410 g/mol. The maximum absolute atomic E-state index is 12.6. The van der Waals surface area contributed by atoms with Gasteiger partial charge in [-0.2, -0.15) is 0 Å². The molecule has 0 fully saturated rings. The molecule has 1 amide bonds. The van der Waals surface area contributed by atoms with E-state index in [0.29, 0.717) is 0 Å². The third kappa shape index (κ3) is 4.47. The number of ether oxygens (including phenoxy) is 1. The summed E-state index contributed by atoms with van der Waals surface area (Å²) < 4.78 is 4.64. The van der Waals surface area contributed by atoms with Crippen molar-refractivity contribution >= 4 is 28.9 Å². The van der Waals surface area contributed by atoms with Crippen molar-refractivity contribution in [3.05, 3.63) is 49.2 Å². The largest absolute Gasteiger partial charge is 0.466 e. The van der Waals surface area contributed by atoms with Crippen LogP contribution in [0.25, 0.3) is 0 Å². The summed E-state index contributed by atoms with van der Waals surface area (Å²) in [7, 11) is 1.10. The number of amides is 1. The van der Waals surface area contributed by atoms with Crippen LogP contribution in [0.5, 0.6) is 0 Å². The second-order valence-electron chi connectivity index (χ2n) is 5.90. The van der Waals surface area contributed by atoms with Gasteiger partial charge in [-0.15, -0.1) is 0 Å². The van der Waals surface area contributed by atoms with Crippen LogP contribution in [0.4, 0.5) is 17.1 Å². The molecular weight excluding hydrogens is 392 g/mol. The van der Waals surface area contributed by atoms with Gasteiger partial charge in [0.2, 0.25) is 0 Å². The molecule has 0 spiro atoms. The first-order valence-electron chi connectivity index (χ1n) is 8.30. The van der Waals surface area contributed by atoms with Crippen molar-refractivity contribution in [2.45, 2.75) is 6.42 Å². The number of hydrogen-bond acceptors (Lipinski definition) is 10. The molecule has 0 unspecified atom stereocenters. The maximum atomic E-state index is 12.6. The molecule has 0 bridgehead atoms. The Kier molecular flexibility index (Phi) is 6.80. The molecule has 3 N–H and O–H groups in total. The molecule has 0 aliphatic carbocycles. The minimum absolute atomic E-state index is 0.0757. The average molecular weight is 410 g/mol. The van der Waals surface area contributed by atoms with Crippen molar-refractivity contribution in [1.29, 1.82) is 0 Å². The van der Waals surface area contributed by atoms with E-state index in [4.69, 9.17) is 5.11 Å². The van der Waals surface area contributed by atoms with Gasteiger partial charge in [-0.05, 0) is 0 Å². The van der Waals surface area contributed by atoms with Crippen molar-refractivity contribution in [2.24, 2.45) is 0 Å². The number of carbonyl (C=O) groups is 2. The normalized spacial score (nSPS) is 13.6. The van der Waals surface area contributed by atoms with Crippen LogP contribution in [0.15, 0.2) is 23.4 Å². The van der Waals surface area contributed by atoms with Crippen molar-refractivity contribution in [2.75, 3.05) is 38.7 Å². The van der Waals surface area contributed by atoms with E-state index >= 15 is 0 Å². The standard InChI is InChI=1S/C16H18N4O9/c1-29-16(24)11-8-18(3-5-22)15(23)14(11)17-12-6-9(19(25)26)7-13(20(27)28)10(12)2-4-21/h6-7,17,21-22H,2-5,8H2,1H3. The summed E-state index contributed by atoms with van der Waals surface area (Å²) in [5.41, 5.74) is -1.86. The van der Waals surface area contributed by atoms with Gasteiger partial charge in [-0.25, -0.2) is 4.79 Å².